The molecule has 0 fully saturated rings. The van der Waals surface area contributed by atoms with Crippen molar-refractivity contribution in [3.63, 3.8) is 0 Å². The minimum absolute atomic E-state index is 0.364. The number of hydrogen-bond acceptors (Lipinski definition) is 2. The SMILES string of the molecule is Cc1cccc(C)c1OCCN(C)C(=O)O. The summed E-state index contributed by atoms with van der Waals surface area (Å²) in [5.74, 6) is 0.848. The van der Waals surface area contributed by atoms with Crippen LogP contribution in [0.15, 0.2) is 18.2 Å². The highest BCUT2D eigenvalue weighted by Crippen LogP contribution is 2.21. The lowest BCUT2D eigenvalue weighted by molar-refractivity contribution is 0.147. The van der Waals surface area contributed by atoms with Crippen molar-refractivity contribution in [3.05, 3.63) is 29.3 Å². The van der Waals surface area contributed by atoms with E-state index in [0.29, 0.717) is 13.2 Å². The summed E-state index contributed by atoms with van der Waals surface area (Å²) in [5, 5.41) is 8.66. The number of para-hydroxylation sites is 1. The summed E-state index contributed by atoms with van der Waals surface area (Å²) in [7, 11) is 1.52. The van der Waals surface area contributed by atoms with E-state index in [1.807, 2.05) is 32.0 Å². The zero-order valence-corrected chi connectivity index (χ0v) is 9.86. The smallest absolute Gasteiger partial charge is 0.407 e. The second-order valence-electron chi connectivity index (χ2n) is 3.77. The number of amides is 1. The lowest BCUT2D eigenvalue weighted by Gasteiger charge is -2.15. The lowest BCUT2D eigenvalue weighted by atomic mass is 10.1. The highest BCUT2D eigenvalue weighted by molar-refractivity contribution is 5.64. The normalized spacial score (nSPS) is 9.94. The molecule has 0 saturated carbocycles. The molecule has 0 aromatic heterocycles. The molecule has 1 amide bonds. The van der Waals surface area contributed by atoms with E-state index >= 15 is 0 Å². The Kier molecular flexibility index (Phi) is 4.17. The maximum atomic E-state index is 10.5. The molecule has 88 valence electrons. The zero-order valence-electron chi connectivity index (χ0n) is 9.86. The fourth-order valence-electron chi connectivity index (χ4n) is 1.41. The summed E-state index contributed by atoms with van der Waals surface area (Å²) < 4.78 is 5.58. The highest BCUT2D eigenvalue weighted by Gasteiger charge is 2.06. The van der Waals surface area contributed by atoms with Crippen molar-refractivity contribution in [2.24, 2.45) is 0 Å². The van der Waals surface area contributed by atoms with Crippen LogP contribution < -0.4 is 4.74 Å². The lowest BCUT2D eigenvalue weighted by Crippen LogP contribution is -2.29. The van der Waals surface area contributed by atoms with E-state index < -0.39 is 6.09 Å². The standard InChI is InChI=1S/C12H17NO3/c1-9-5-4-6-10(2)11(9)16-8-7-13(3)12(14)15/h4-6H,7-8H2,1-3H3,(H,14,15). The fourth-order valence-corrected chi connectivity index (χ4v) is 1.41. The molecule has 1 aromatic rings. The van der Waals surface area contributed by atoms with Gasteiger partial charge in [0.1, 0.15) is 12.4 Å². The summed E-state index contributed by atoms with van der Waals surface area (Å²) in [4.78, 5) is 11.7. The molecule has 1 aromatic carbocycles. The molecular weight excluding hydrogens is 206 g/mol. The molecule has 0 aliphatic carbocycles. The minimum atomic E-state index is -0.940. The van der Waals surface area contributed by atoms with Gasteiger partial charge in [0, 0.05) is 7.05 Å². The molecular formula is C12H17NO3. The van der Waals surface area contributed by atoms with Crippen LogP contribution in [0, 0.1) is 13.8 Å². The third kappa shape index (κ3) is 3.15. The van der Waals surface area contributed by atoms with Crippen LogP contribution in [0.3, 0.4) is 0 Å². The van der Waals surface area contributed by atoms with E-state index in [2.05, 4.69) is 0 Å². The molecule has 1 rings (SSSR count). The largest absolute Gasteiger partial charge is 0.491 e. The molecule has 0 bridgehead atoms. The van der Waals surface area contributed by atoms with Gasteiger partial charge in [-0.25, -0.2) is 4.79 Å². The van der Waals surface area contributed by atoms with Crippen LogP contribution in [-0.4, -0.2) is 36.3 Å². The molecule has 4 nitrogen and oxygen atoms in total. The Labute approximate surface area is 95.5 Å². The van der Waals surface area contributed by atoms with Crippen molar-refractivity contribution in [2.45, 2.75) is 13.8 Å². The summed E-state index contributed by atoms with van der Waals surface area (Å²) in [6, 6.07) is 5.92. The van der Waals surface area contributed by atoms with Gasteiger partial charge in [0.25, 0.3) is 0 Å². The molecule has 0 aliphatic rings. The van der Waals surface area contributed by atoms with E-state index in [-0.39, 0.29) is 0 Å². The zero-order chi connectivity index (χ0) is 12.1. The number of carboxylic acid groups (broad SMARTS) is 1. The molecule has 0 aliphatic heterocycles. The Morgan fingerprint density at radius 3 is 2.44 bits per heavy atom. The van der Waals surface area contributed by atoms with Crippen molar-refractivity contribution in [3.8, 4) is 5.75 Å². The van der Waals surface area contributed by atoms with E-state index in [1.54, 1.807) is 0 Å². The van der Waals surface area contributed by atoms with Gasteiger partial charge in [-0.2, -0.15) is 0 Å². The highest BCUT2D eigenvalue weighted by atomic mass is 16.5. The third-order valence-corrected chi connectivity index (χ3v) is 2.41. The quantitative estimate of drug-likeness (QED) is 0.852. The van der Waals surface area contributed by atoms with Gasteiger partial charge >= 0.3 is 6.09 Å². The number of ether oxygens (including phenoxy) is 1. The van der Waals surface area contributed by atoms with Crippen molar-refractivity contribution in [1.82, 2.24) is 4.90 Å². The van der Waals surface area contributed by atoms with Gasteiger partial charge in [-0.3, -0.25) is 0 Å². The van der Waals surface area contributed by atoms with Gasteiger partial charge in [0.2, 0.25) is 0 Å². The molecule has 0 unspecified atom stereocenters. The predicted octanol–water partition coefficient (Wildman–Crippen LogP) is 2.29. The van der Waals surface area contributed by atoms with Crippen LogP contribution in [0.4, 0.5) is 4.79 Å². The first kappa shape index (κ1) is 12.4. The first-order valence-corrected chi connectivity index (χ1v) is 5.15. The van der Waals surface area contributed by atoms with Crippen molar-refractivity contribution in [2.75, 3.05) is 20.2 Å². The second-order valence-corrected chi connectivity index (χ2v) is 3.77. The van der Waals surface area contributed by atoms with Crippen molar-refractivity contribution >= 4 is 6.09 Å². The van der Waals surface area contributed by atoms with Gasteiger partial charge in [0.05, 0.1) is 6.54 Å². The van der Waals surface area contributed by atoms with Crippen LogP contribution in [0.2, 0.25) is 0 Å². The monoisotopic (exact) mass is 223 g/mol. The van der Waals surface area contributed by atoms with Crippen molar-refractivity contribution < 1.29 is 14.6 Å². The predicted molar refractivity (Wildman–Crippen MR) is 62.1 cm³/mol. The maximum absolute atomic E-state index is 10.5. The van der Waals surface area contributed by atoms with E-state index in [0.717, 1.165) is 16.9 Å². The Morgan fingerprint density at radius 1 is 1.38 bits per heavy atom. The second kappa shape index (κ2) is 5.39. The van der Waals surface area contributed by atoms with Crippen molar-refractivity contribution in [1.29, 1.82) is 0 Å². The molecule has 0 saturated heterocycles. The molecule has 0 spiro atoms. The average Bonchev–Trinajstić information content (AvgIpc) is 2.22. The average molecular weight is 223 g/mol. The number of rotatable bonds is 4. The van der Waals surface area contributed by atoms with Crippen LogP contribution in [0.25, 0.3) is 0 Å². The van der Waals surface area contributed by atoms with Gasteiger partial charge < -0.3 is 14.7 Å². The summed E-state index contributed by atoms with van der Waals surface area (Å²) in [5.41, 5.74) is 2.14. The maximum Gasteiger partial charge on any atom is 0.407 e. The minimum Gasteiger partial charge on any atom is -0.491 e. The van der Waals surface area contributed by atoms with E-state index in [1.165, 1.54) is 11.9 Å². The summed E-state index contributed by atoms with van der Waals surface area (Å²) in [6.07, 6.45) is -0.940. The van der Waals surface area contributed by atoms with Gasteiger partial charge in [-0.1, -0.05) is 18.2 Å². The third-order valence-electron chi connectivity index (χ3n) is 2.41. The fraction of sp³-hybridized carbons (Fsp3) is 0.417. The summed E-state index contributed by atoms with van der Waals surface area (Å²) in [6.45, 7) is 4.68. The Balaban J connectivity index is 2.52. The molecule has 0 radical (unpaired) electrons. The molecule has 0 atom stereocenters. The Bertz CT molecular complexity index is 356. The van der Waals surface area contributed by atoms with E-state index in [9.17, 15) is 4.79 Å². The van der Waals surface area contributed by atoms with Gasteiger partial charge in [-0.15, -0.1) is 0 Å². The molecule has 16 heavy (non-hydrogen) atoms. The number of hydrogen-bond donors (Lipinski definition) is 1. The number of aryl methyl sites for hydroxylation is 2. The molecule has 1 N–H and O–H groups in total. The van der Waals surface area contributed by atoms with Gasteiger partial charge in [-0.05, 0) is 25.0 Å². The van der Waals surface area contributed by atoms with Crippen LogP contribution in [0.1, 0.15) is 11.1 Å². The molecule has 4 heteroatoms. The molecule has 0 heterocycles. The number of carbonyl (C=O) groups is 1. The van der Waals surface area contributed by atoms with Crippen LogP contribution in [-0.2, 0) is 0 Å². The topological polar surface area (TPSA) is 49.8 Å². The number of nitrogens with zero attached hydrogens (tertiary/aromatic N) is 1. The van der Waals surface area contributed by atoms with Crippen LogP contribution in [0.5, 0.6) is 5.75 Å². The first-order chi connectivity index (χ1) is 7.52. The summed E-state index contributed by atoms with van der Waals surface area (Å²) >= 11 is 0. The van der Waals surface area contributed by atoms with Gasteiger partial charge in [0.15, 0.2) is 0 Å². The number of likely N-dealkylation sites (N-methyl/N-ethyl adjacent to an activating group) is 1. The number of benzene rings is 1. The first-order valence-electron chi connectivity index (χ1n) is 5.15. The Morgan fingerprint density at radius 2 is 1.94 bits per heavy atom. The van der Waals surface area contributed by atoms with E-state index in [4.69, 9.17) is 9.84 Å². The Hall–Kier alpha value is -1.71. The van der Waals surface area contributed by atoms with Crippen LogP contribution >= 0.6 is 0 Å².